The first kappa shape index (κ1) is 13.9. The Morgan fingerprint density at radius 3 is 3.00 bits per heavy atom. The quantitative estimate of drug-likeness (QED) is 0.917. The highest BCUT2D eigenvalue weighted by atomic mass is 16.5. The fourth-order valence-corrected chi connectivity index (χ4v) is 3.05. The summed E-state index contributed by atoms with van der Waals surface area (Å²) >= 11 is 0. The lowest BCUT2D eigenvalue weighted by atomic mass is 9.87. The van der Waals surface area contributed by atoms with Gasteiger partial charge >= 0.3 is 0 Å². The molecule has 3 unspecified atom stereocenters. The lowest BCUT2D eigenvalue weighted by molar-refractivity contribution is -0.0787. The number of rotatable bonds is 4. The highest BCUT2D eigenvalue weighted by Gasteiger charge is 2.30. The number of ether oxygens (including phenoxy) is 3. The first-order valence-electron chi connectivity index (χ1n) is 7.36. The van der Waals surface area contributed by atoms with E-state index in [4.69, 9.17) is 14.2 Å². The molecule has 2 aliphatic rings. The Morgan fingerprint density at radius 2 is 2.25 bits per heavy atom. The molecule has 3 atom stereocenters. The third-order valence-corrected chi connectivity index (χ3v) is 4.24. The monoisotopic (exact) mass is 278 g/mol. The van der Waals surface area contributed by atoms with Crippen LogP contribution in [0.15, 0.2) is 18.2 Å². The molecule has 1 aromatic rings. The fraction of sp³-hybridized carbons (Fsp3) is 0.625. The van der Waals surface area contributed by atoms with Gasteiger partial charge in [0.1, 0.15) is 11.9 Å². The van der Waals surface area contributed by atoms with Gasteiger partial charge in [0.2, 0.25) is 0 Å². The zero-order chi connectivity index (χ0) is 13.9. The van der Waals surface area contributed by atoms with Crippen molar-refractivity contribution in [2.24, 2.45) is 0 Å². The molecule has 1 N–H and O–H groups in total. The molecule has 1 aliphatic heterocycles. The van der Waals surface area contributed by atoms with E-state index in [0.717, 1.165) is 49.2 Å². The number of hydrogen-bond acceptors (Lipinski definition) is 4. The Morgan fingerprint density at radius 1 is 1.35 bits per heavy atom. The van der Waals surface area contributed by atoms with Gasteiger partial charge in [-0.3, -0.25) is 0 Å². The number of benzene rings is 1. The van der Waals surface area contributed by atoms with Gasteiger partial charge in [-0.15, -0.1) is 0 Å². The summed E-state index contributed by atoms with van der Waals surface area (Å²) in [5.41, 5.74) is 2.13. The molecule has 0 bridgehead atoms. The minimum atomic E-state index is -0.550. The van der Waals surface area contributed by atoms with Crippen LogP contribution in [0.25, 0.3) is 0 Å². The minimum Gasteiger partial charge on any atom is -0.497 e. The second-order valence-electron chi connectivity index (χ2n) is 5.56. The lowest BCUT2D eigenvalue weighted by Crippen LogP contribution is -2.30. The number of hydrogen-bond donors (Lipinski definition) is 1. The van der Waals surface area contributed by atoms with Crippen LogP contribution in [-0.2, 0) is 15.9 Å². The summed E-state index contributed by atoms with van der Waals surface area (Å²) < 4.78 is 16.7. The summed E-state index contributed by atoms with van der Waals surface area (Å²) in [5.74, 6) is 0.842. The zero-order valence-electron chi connectivity index (χ0n) is 11.9. The van der Waals surface area contributed by atoms with E-state index in [9.17, 15) is 5.11 Å². The second-order valence-corrected chi connectivity index (χ2v) is 5.56. The van der Waals surface area contributed by atoms with Gasteiger partial charge in [-0.05, 0) is 48.9 Å². The van der Waals surface area contributed by atoms with Crippen LogP contribution in [0.2, 0.25) is 0 Å². The van der Waals surface area contributed by atoms with Crippen LogP contribution in [-0.4, -0.2) is 37.6 Å². The van der Waals surface area contributed by atoms with Crippen LogP contribution in [0.5, 0.6) is 5.75 Å². The molecule has 20 heavy (non-hydrogen) atoms. The van der Waals surface area contributed by atoms with Gasteiger partial charge in [0.05, 0.1) is 25.9 Å². The maximum absolute atomic E-state index is 10.5. The third kappa shape index (κ3) is 2.82. The number of methoxy groups -OCH3 is 1. The highest BCUT2D eigenvalue weighted by Crippen LogP contribution is 2.34. The summed E-state index contributed by atoms with van der Waals surface area (Å²) in [6.45, 7) is 1.43. The van der Waals surface area contributed by atoms with E-state index in [1.165, 1.54) is 0 Å². The van der Waals surface area contributed by atoms with E-state index < -0.39 is 6.10 Å². The first-order chi connectivity index (χ1) is 9.78. The topological polar surface area (TPSA) is 47.9 Å². The van der Waals surface area contributed by atoms with Gasteiger partial charge < -0.3 is 19.3 Å². The van der Waals surface area contributed by atoms with Gasteiger partial charge in [0, 0.05) is 6.61 Å². The summed E-state index contributed by atoms with van der Waals surface area (Å²) in [4.78, 5) is 0. The number of fused-ring (bicyclic) bond motifs is 1. The van der Waals surface area contributed by atoms with Crippen LogP contribution in [0.1, 0.15) is 36.5 Å². The van der Waals surface area contributed by atoms with E-state index in [1.54, 1.807) is 7.11 Å². The molecule has 1 fully saturated rings. The maximum Gasteiger partial charge on any atom is 0.119 e. The average molecular weight is 278 g/mol. The molecule has 1 saturated heterocycles. The molecule has 1 aromatic carbocycles. The molecule has 3 rings (SSSR count). The molecule has 1 aliphatic carbocycles. The largest absolute Gasteiger partial charge is 0.497 e. The number of aryl methyl sites for hydroxylation is 1. The second kappa shape index (κ2) is 6.12. The predicted molar refractivity (Wildman–Crippen MR) is 75.0 cm³/mol. The Balaban J connectivity index is 1.64. The molecule has 4 heteroatoms. The Kier molecular flexibility index (Phi) is 4.24. The lowest BCUT2D eigenvalue weighted by Gasteiger charge is -2.31. The molecule has 4 nitrogen and oxygen atoms in total. The molecular formula is C16H22O4. The van der Waals surface area contributed by atoms with Gasteiger partial charge in [-0.1, -0.05) is 6.07 Å². The fourth-order valence-electron chi connectivity index (χ4n) is 3.05. The molecule has 0 saturated carbocycles. The van der Waals surface area contributed by atoms with Crippen molar-refractivity contribution in [3.05, 3.63) is 29.3 Å². The standard InChI is InChI=1S/C16H22O4/c1-18-12-5-6-14-11(9-12)4-7-15(16(14)17)20-10-13-3-2-8-19-13/h5-6,9,13,15-17H,2-4,7-8,10H2,1H3. The van der Waals surface area contributed by atoms with E-state index >= 15 is 0 Å². The Hall–Kier alpha value is -1.10. The van der Waals surface area contributed by atoms with Crippen molar-refractivity contribution < 1.29 is 19.3 Å². The van der Waals surface area contributed by atoms with E-state index in [0.29, 0.717) is 6.61 Å². The maximum atomic E-state index is 10.5. The van der Waals surface area contributed by atoms with Crippen molar-refractivity contribution in [3.63, 3.8) is 0 Å². The van der Waals surface area contributed by atoms with Crippen LogP contribution in [0.4, 0.5) is 0 Å². The third-order valence-electron chi connectivity index (χ3n) is 4.24. The van der Waals surface area contributed by atoms with Crippen LogP contribution < -0.4 is 4.74 Å². The normalized spacial score (nSPS) is 29.2. The average Bonchev–Trinajstić information content (AvgIpc) is 2.99. The summed E-state index contributed by atoms with van der Waals surface area (Å²) in [5, 5.41) is 10.5. The molecule has 0 radical (unpaired) electrons. The number of aliphatic hydroxyl groups excluding tert-OH is 1. The summed E-state index contributed by atoms with van der Waals surface area (Å²) in [6.07, 6.45) is 3.47. The SMILES string of the molecule is COc1ccc2c(c1)CCC(OCC1CCCO1)C2O. The van der Waals surface area contributed by atoms with Crippen molar-refractivity contribution in [1.82, 2.24) is 0 Å². The van der Waals surface area contributed by atoms with Gasteiger partial charge in [0.15, 0.2) is 0 Å². The smallest absolute Gasteiger partial charge is 0.119 e. The molecular weight excluding hydrogens is 256 g/mol. The van der Waals surface area contributed by atoms with Crippen molar-refractivity contribution in [2.75, 3.05) is 20.3 Å². The molecule has 110 valence electrons. The summed E-state index contributed by atoms with van der Waals surface area (Å²) in [7, 11) is 1.66. The molecule has 1 heterocycles. The van der Waals surface area contributed by atoms with Crippen molar-refractivity contribution in [3.8, 4) is 5.75 Å². The summed E-state index contributed by atoms with van der Waals surface area (Å²) in [6, 6.07) is 5.85. The van der Waals surface area contributed by atoms with Crippen LogP contribution in [0.3, 0.4) is 0 Å². The van der Waals surface area contributed by atoms with Gasteiger partial charge in [0.25, 0.3) is 0 Å². The molecule has 0 spiro atoms. The van der Waals surface area contributed by atoms with E-state index in [1.807, 2.05) is 18.2 Å². The highest BCUT2D eigenvalue weighted by molar-refractivity contribution is 5.39. The zero-order valence-corrected chi connectivity index (χ0v) is 11.9. The van der Waals surface area contributed by atoms with E-state index in [2.05, 4.69) is 0 Å². The predicted octanol–water partition coefficient (Wildman–Crippen LogP) is 2.24. The van der Waals surface area contributed by atoms with Crippen molar-refractivity contribution in [1.29, 1.82) is 0 Å². The van der Waals surface area contributed by atoms with Gasteiger partial charge in [-0.2, -0.15) is 0 Å². The van der Waals surface area contributed by atoms with E-state index in [-0.39, 0.29) is 12.2 Å². The first-order valence-corrected chi connectivity index (χ1v) is 7.36. The van der Waals surface area contributed by atoms with Crippen molar-refractivity contribution in [2.45, 2.75) is 44.0 Å². The molecule has 0 aromatic heterocycles. The molecule has 0 amide bonds. The minimum absolute atomic E-state index is 0.125. The van der Waals surface area contributed by atoms with Crippen LogP contribution in [0, 0.1) is 0 Å². The Bertz CT molecular complexity index is 454. The van der Waals surface area contributed by atoms with Crippen molar-refractivity contribution >= 4 is 0 Å². The Labute approximate surface area is 119 Å². The van der Waals surface area contributed by atoms with Gasteiger partial charge in [-0.25, -0.2) is 0 Å². The number of aliphatic hydroxyl groups is 1. The van der Waals surface area contributed by atoms with Crippen LogP contribution >= 0.6 is 0 Å².